The Hall–Kier alpha value is -1.56. The Kier molecular flexibility index (Phi) is 2.61. The summed E-state index contributed by atoms with van der Waals surface area (Å²) in [4.78, 5) is 24.5. The van der Waals surface area contributed by atoms with Gasteiger partial charge in [-0.1, -0.05) is 6.92 Å². The van der Waals surface area contributed by atoms with Gasteiger partial charge >= 0.3 is 5.97 Å². The minimum Gasteiger partial charge on any atom is -0.509 e. The summed E-state index contributed by atoms with van der Waals surface area (Å²) in [5.41, 5.74) is -0.0908. The van der Waals surface area contributed by atoms with Gasteiger partial charge in [-0.2, -0.15) is 0 Å². The molecule has 2 N–H and O–H groups in total. The first kappa shape index (κ1) is 11.9. The van der Waals surface area contributed by atoms with Gasteiger partial charge in [-0.15, -0.1) is 0 Å². The van der Waals surface area contributed by atoms with Crippen molar-refractivity contribution in [2.24, 2.45) is 11.8 Å². The van der Waals surface area contributed by atoms with Crippen molar-refractivity contribution in [3.63, 3.8) is 0 Å². The molecule has 17 heavy (non-hydrogen) atoms. The van der Waals surface area contributed by atoms with Crippen molar-refractivity contribution in [2.45, 2.75) is 26.0 Å². The molecular weight excluding hydrogens is 226 g/mol. The molecule has 2 heterocycles. The molecule has 3 unspecified atom stereocenters. The van der Waals surface area contributed by atoms with Crippen LogP contribution < -0.4 is 0 Å². The number of ether oxygens (including phenoxy) is 1. The maximum atomic E-state index is 11.8. The van der Waals surface area contributed by atoms with Crippen LogP contribution in [0.3, 0.4) is 0 Å². The minimum atomic E-state index is -0.795. The lowest BCUT2D eigenvalue weighted by Crippen LogP contribution is -2.63. The summed E-state index contributed by atoms with van der Waals surface area (Å²) in [6.45, 7) is 3.24. The van der Waals surface area contributed by atoms with Gasteiger partial charge in [0.05, 0.1) is 25.2 Å². The average molecular weight is 241 g/mol. The Morgan fingerprint density at radius 2 is 2.12 bits per heavy atom. The summed E-state index contributed by atoms with van der Waals surface area (Å²) >= 11 is 0. The van der Waals surface area contributed by atoms with Crippen molar-refractivity contribution < 1.29 is 24.5 Å². The van der Waals surface area contributed by atoms with Gasteiger partial charge in [0.25, 0.3) is 0 Å². The predicted molar refractivity (Wildman–Crippen MR) is 56.6 cm³/mol. The van der Waals surface area contributed by atoms with Gasteiger partial charge in [0, 0.05) is 5.92 Å². The fraction of sp³-hybridized carbons (Fsp3) is 0.636. The average Bonchev–Trinajstić information content (AvgIpc) is 2.49. The summed E-state index contributed by atoms with van der Waals surface area (Å²) in [6.07, 6.45) is -0.795. The van der Waals surface area contributed by atoms with Crippen molar-refractivity contribution >= 4 is 11.9 Å². The highest BCUT2D eigenvalue weighted by Gasteiger charge is 2.60. The van der Waals surface area contributed by atoms with E-state index in [9.17, 15) is 19.8 Å². The molecule has 2 aliphatic rings. The molecule has 6 heteroatoms. The number of carbonyl (C=O) groups is 2. The Labute approximate surface area is 98.5 Å². The van der Waals surface area contributed by atoms with Crippen LogP contribution >= 0.6 is 0 Å². The first-order valence-electron chi connectivity index (χ1n) is 5.44. The molecule has 0 aromatic carbocycles. The number of methoxy groups -OCH3 is 1. The molecule has 0 spiro atoms. The number of aliphatic hydroxyl groups excluding tert-OH is 2. The monoisotopic (exact) mass is 241 g/mol. The predicted octanol–water partition coefficient (Wildman–Crippen LogP) is -0.214. The van der Waals surface area contributed by atoms with E-state index in [0.29, 0.717) is 0 Å². The molecule has 6 nitrogen and oxygen atoms in total. The second-order valence-corrected chi connectivity index (χ2v) is 4.48. The number of β-lactam (4-membered cyclic amide) rings is 1. The number of carbonyl (C=O) groups excluding carboxylic acids is 2. The SMILES string of the molecule is COC(=O)C1=C(O)[C@H](C)C2C(C(C)O)C(=O)N12. The zero-order valence-corrected chi connectivity index (χ0v) is 9.88. The number of nitrogens with zero attached hydrogens (tertiary/aromatic N) is 1. The second kappa shape index (κ2) is 3.73. The van der Waals surface area contributed by atoms with E-state index < -0.39 is 18.0 Å². The summed E-state index contributed by atoms with van der Waals surface area (Å²) in [6, 6.07) is -0.350. The van der Waals surface area contributed by atoms with Crippen LogP contribution in [0.1, 0.15) is 13.8 Å². The molecule has 0 aromatic heterocycles. The summed E-state index contributed by atoms with van der Waals surface area (Å²) in [7, 11) is 1.19. The van der Waals surface area contributed by atoms with Gasteiger partial charge in [0.15, 0.2) is 5.70 Å². The third kappa shape index (κ3) is 1.37. The Morgan fingerprint density at radius 3 is 2.59 bits per heavy atom. The molecule has 94 valence electrons. The second-order valence-electron chi connectivity index (χ2n) is 4.48. The van der Waals surface area contributed by atoms with Gasteiger partial charge in [-0.25, -0.2) is 4.79 Å². The van der Waals surface area contributed by atoms with Crippen molar-refractivity contribution in [3.8, 4) is 0 Å². The minimum absolute atomic E-state index is 0.0908. The van der Waals surface area contributed by atoms with Crippen LogP contribution in [0.5, 0.6) is 0 Å². The third-order valence-corrected chi connectivity index (χ3v) is 3.51. The van der Waals surface area contributed by atoms with E-state index in [1.807, 2.05) is 0 Å². The number of fused-ring (bicyclic) bond motifs is 1. The van der Waals surface area contributed by atoms with Crippen LogP contribution in [0, 0.1) is 11.8 Å². The van der Waals surface area contributed by atoms with Gasteiger partial charge in [-0.05, 0) is 6.92 Å². The van der Waals surface area contributed by atoms with Crippen LogP contribution in [0.25, 0.3) is 0 Å². The van der Waals surface area contributed by atoms with Gasteiger partial charge in [-0.3, -0.25) is 9.69 Å². The van der Waals surface area contributed by atoms with E-state index in [1.54, 1.807) is 6.92 Å². The van der Waals surface area contributed by atoms with Crippen LogP contribution in [0.2, 0.25) is 0 Å². The van der Waals surface area contributed by atoms with Crippen molar-refractivity contribution in [1.29, 1.82) is 0 Å². The summed E-state index contributed by atoms with van der Waals surface area (Å²) in [5.74, 6) is -2.13. The van der Waals surface area contributed by atoms with E-state index in [4.69, 9.17) is 0 Å². The highest BCUT2D eigenvalue weighted by Crippen LogP contribution is 2.46. The number of esters is 1. The summed E-state index contributed by atoms with van der Waals surface area (Å²) in [5, 5.41) is 19.4. The van der Waals surface area contributed by atoms with E-state index in [2.05, 4.69) is 4.74 Å². The molecule has 4 atom stereocenters. The van der Waals surface area contributed by atoms with Gasteiger partial charge < -0.3 is 14.9 Å². The number of amides is 1. The molecule has 0 radical (unpaired) electrons. The number of hydrogen-bond donors (Lipinski definition) is 2. The van der Waals surface area contributed by atoms with E-state index >= 15 is 0 Å². The van der Waals surface area contributed by atoms with Gasteiger partial charge in [0.1, 0.15) is 5.76 Å². The van der Waals surface area contributed by atoms with Crippen LogP contribution in [0.15, 0.2) is 11.5 Å². The Morgan fingerprint density at radius 1 is 1.53 bits per heavy atom. The largest absolute Gasteiger partial charge is 0.509 e. The van der Waals surface area contributed by atoms with E-state index in [-0.39, 0.29) is 29.3 Å². The number of aliphatic hydroxyl groups is 2. The first-order valence-corrected chi connectivity index (χ1v) is 5.44. The molecule has 2 aliphatic heterocycles. The van der Waals surface area contributed by atoms with Crippen molar-refractivity contribution in [3.05, 3.63) is 11.5 Å². The Bertz CT molecular complexity index is 414. The maximum absolute atomic E-state index is 11.8. The zero-order chi connectivity index (χ0) is 12.9. The smallest absolute Gasteiger partial charge is 0.358 e. The molecule has 1 saturated heterocycles. The number of rotatable bonds is 2. The lowest BCUT2D eigenvalue weighted by Gasteiger charge is -2.46. The molecule has 0 bridgehead atoms. The number of hydrogen-bond acceptors (Lipinski definition) is 5. The molecular formula is C11H15NO5. The highest BCUT2D eigenvalue weighted by molar-refractivity contribution is 6.00. The molecule has 0 saturated carbocycles. The van der Waals surface area contributed by atoms with Crippen LogP contribution in [-0.4, -0.2) is 46.2 Å². The highest BCUT2D eigenvalue weighted by atomic mass is 16.5. The lowest BCUT2D eigenvalue weighted by atomic mass is 9.79. The molecule has 1 fully saturated rings. The quantitative estimate of drug-likeness (QED) is 0.516. The van der Waals surface area contributed by atoms with Crippen LogP contribution in [0.4, 0.5) is 0 Å². The van der Waals surface area contributed by atoms with Crippen LogP contribution in [-0.2, 0) is 14.3 Å². The standard InChI is InChI=1S/C11H15NO5/c1-4-7-6(5(2)13)10(15)12(7)8(9(4)14)11(16)17-3/h4-7,13-14H,1-3H3/t4-,5?,6?,7?/m1/s1. The fourth-order valence-corrected chi connectivity index (χ4v) is 2.62. The van der Waals surface area contributed by atoms with Crippen molar-refractivity contribution in [1.82, 2.24) is 4.90 Å². The molecule has 0 aliphatic carbocycles. The molecule has 2 rings (SSSR count). The van der Waals surface area contributed by atoms with E-state index in [1.165, 1.54) is 18.9 Å². The molecule has 1 amide bonds. The van der Waals surface area contributed by atoms with Crippen molar-refractivity contribution in [2.75, 3.05) is 7.11 Å². The van der Waals surface area contributed by atoms with Gasteiger partial charge in [0.2, 0.25) is 5.91 Å². The third-order valence-electron chi connectivity index (χ3n) is 3.51. The zero-order valence-electron chi connectivity index (χ0n) is 9.88. The first-order chi connectivity index (χ1) is 7.91. The fourth-order valence-electron chi connectivity index (χ4n) is 2.62. The lowest BCUT2D eigenvalue weighted by molar-refractivity contribution is -0.163. The topological polar surface area (TPSA) is 87.1 Å². The Balaban J connectivity index is 2.34. The maximum Gasteiger partial charge on any atom is 0.358 e. The normalized spacial score (nSPS) is 33.3. The summed E-state index contributed by atoms with van der Waals surface area (Å²) < 4.78 is 4.54. The van der Waals surface area contributed by atoms with E-state index in [0.717, 1.165) is 0 Å². The molecule has 0 aromatic rings.